The van der Waals surface area contributed by atoms with Crippen molar-refractivity contribution in [1.29, 1.82) is 0 Å². The molecule has 1 saturated heterocycles. The predicted octanol–water partition coefficient (Wildman–Crippen LogP) is 4.09. The number of rotatable bonds is 4. The second-order valence-corrected chi connectivity index (χ2v) is 6.61. The number of amides is 1. The summed E-state index contributed by atoms with van der Waals surface area (Å²) in [5.74, 6) is 0.0582. The predicted molar refractivity (Wildman–Crippen MR) is 103 cm³/mol. The number of likely N-dealkylation sites (N-methyl/N-ethyl adjacent to an activating group) is 2. The summed E-state index contributed by atoms with van der Waals surface area (Å²) in [7, 11) is 3.39. The molecular weight excluding hydrogens is 375 g/mol. The first-order valence-electron chi connectivity index (χ1n) is 7.81. The fourth-order valence-electron chi connectivity index (χ4n) is 2.51. The lowest BCUT2D eigenvalue weighted by Gasteiger charge is -2.11. The Hall–Kier alpha value is -2.44. The van der Waals surface area contributed by atoms with Gasteiger partial charge in [-0.15, -0.1) is 0 Å². The van der Waals surface area contributed by atoms with Crippen molar-refractivity contribution in [3.8, 4) is 5.75 Å². The highest BCUT2D eigenvalue weighted by Gasteiger charge is 2.32. The SMILES string of the molecule is CN1C(=O)/C(=C/c2ccc(OCc3ccc(F)cc3)c(Cl)c2)N(C)C1=S. The molecule has 2 aromatic rings. The van der Waals surface area contributed by atoms with Crippen LogP contribution in [-0.2, 0) is 11.4 Å². The maximum absolute atomic E-state index is 12.9. The van der Waals surface area contributed by atoms with Gasteiger partial charge in [0.25, 0.3) is 5.91 Å². The molecule has 0 N–H and O–H groups in total. The summed E-state index contributed by atoms with van der Waals surface area (Å²) in [6, 6.07) is 11.3. The average Bonchev–Trinajstić information content (AvgIpc) is 2.80. The summed E-state index contributed by atoms with van der Waals surface area (Å²) in [5, 5.41) is 0.872. The molecule has 1 aliphatic rings. The number of halogens is 2. The number of hydrogen-bond donors (Lipinski definition) is 0. The number of ether oxygens (including phenoxy) is 1. The summed E-state index contributed by atoms with van der Waals surface area (Å²) in [6.45, 7) is 0.278. The first-order valence-corrected chi connectivity index (χ1v) is 8.59. The highest BCUT2D eigenvalue weighted by molar-refractivity contribution is 7.80. The topological polar surface area (TPSA) is 32.8 Å². The highest BCUT2D eigenvalue weighted by atomic mass is 35.5. The summed E-state index contributed by atoms with van der Waals surface area (Å²) >= 11 is 11.5. The van der Waals surface area contributed by atoms with E-state index < -0.39 is 0 Å². The number of benzene rings is 2. The van der Waals surface area contributed by atoms with Gasteiger partial charge in [0.2, 0.25) is 0 Å². The van der Waals surface area contributed by atoms with Gasteiger partial charge in [-0.25, -0.2) is 4.39 Å². The zero-order valence-corrected chi connectivity index (χ0v) is 15.8. The Kier molecular flexibility index (Phi) is 5.25. The van der Waals surface area contributed by atoms with Crippen molar-refractivity contribution in [2.75, 3.05) is 14.1 Å². The lowest BCUT2D eigenvalue weighted by Crippen LogP contribution is -2.26. The molecule has 0 aromatic heterocycles. The van der Waals surface area contributed by atoms with Crippen molar-refractivity contribution in [3.05, 3.63) is 70.1 Å². The molecule has 0 aliphatic carbocycles. The van der Waals surface area contributed by atoms with Gasteiger partial charge in [0.1, 0.15) is 23.9 Å². The van der Waals surface area contributed by atoms with E-state index in [1.807, 2.05) is 0 Å². The molecule has 0 unspecified atom stereocenters. The molecule has 0 spiro atoms. The normalized spacial score (nSPS) is 15.9. The van der Waals surface area contributed by atoms with Gasteiger partial charge < -0.3 is 9.64 Å². The van der Waals surface area contributed by atoms with Gasteiger partial charge in [0.05, 0.1) is 5.02 Å². The van der Waals surface area contributed by atoms with E-state index in [1.165, 1.54) is 17.0 Å². The highest BCUT2D eigenvalue weighted by Crippen LogP contribution is 2.28. The molecule has 0 radical (unpaired) electrons. The van der Waals surface area contributed by atoms with Crippen LogP contribution in [0.3, 0.4) is 0 Å². The molecule has 1 fully saturated rings. The largest absolute Gasteiger partial charge is 0.487 e. The van der Waals surface area contributed by atoms with E-state index >= 15 is 0 Å². The third kappa shape index (κ3) is 3.71. The molecule has 2 aromatic carbocycles. The van der Waals surface area contributed by atoms with Crippen LogP contribution in [0.15, 0.2) is 48.2 Å². The Morgan fingerprint density at radius 2 is 1.85 bits per heavy atom. The van der Waals surface area contributed by atoms with Gasteiger partial charge in [-0.2, -0.15) is 0 Å². The Balaban J connectivity index is 1.75. The van der Waals surface area contributed by atoms with E-state index in [-0.39, 0.29) is 18.3 Å². The zero-order valence-electron chi connectivity index (χ0n) is 14.2. The summed E-state index contributed by atoms with van der Waals surface area (Å²) in [5.41, 5.74) is 2.08. The zero-order chi connectivity index (χ0) is 18.8. The molecule has 0 saturated carbocycles. The van der Waals surface area contributed by atoms with E-state index in [4.69, 9.17) is 28.6 Å². The fourth-order valence-corrected chi connectivity index (χ4v) is 2.94. The van der Waals surface area contributed by atoms with Crippen molar-refractivity contribution in [2.45, 2.75) is 6.61 Å². The monoisotopic (exact) mass is 390 g/mol. The molecule has 4 nitrogen and oxygen atoms in total. The second-order valence-electron chi connectivity index (χ2n) is 5.84. The molecule has 134 valence electrons. The molecular formula is C19H16ClFN2O2S. The Morgan fingerprint density at radius 3 is 2.42 bits per heavy atom. The van der Waals surface area contributed by atoms with Gasteiger partial charge >= 0.3 is 0 Å². The molecule has 0 atom stereocenters. The first-order chi connectivity index (χ1) is 12.4. The van der Waals surface area contributed by atoms with Crippen LogP contribution in [0.1, 0.15) is 11.1 Å². The van der Waals surface area contributed by atoms with Crippen LogP contribution in [0.25, 0.3) is 6.08 Å². The number of hydrogen-bond acceptors (Lipinski definition) is 3. The van der Waals surface area contributed by atoms with E-state index in [2.05, 4.69) is 0 Å². The molecule has 26 heavy (non-hydrogen) atoms. The summed E-state index contributed by atoms with van der Waals surface area (Å²) < 4.78 is 18.6. The van der Waals surface area contributed by atoms with Crippen molar-refractivity contribution < 1.29 is 13.9 Å². The number of carbonyl (C=O) groups excluding carboxylic acids is 1. The Labute approximate surface area is 161 Å². The van der Waals surface area contributed by atoms with Crippen molar-refractivity contribution in [1.82, 2.24) is 9.80 Å². The van der Waals surface area contributed by atoms with Crippen LogP contribution in [-0.4, -0.2) is 34.9 Å². The van der Waals surface area contributed by atoms with Crippen molar-refractivity contribution in [3.63, 3.8) is 0 Å². The Bertz CT molecular complexity index is 899. The van der Waals surface area contributed by atoms with Crippen LogP contribution in [0, 0.1) is 5.82 Å². The van der Waals surface area contributed by atoms with E-state index in [9.17, 15) is 9.18 Å². The molecule has 1 heterocycles. The Morgan fingerprint density at radius 1 is 1.15 bits per heavy atom. The van der Waals surface area contributed by atoms with Gasteiger partial charge in [-0.1, -0.05) is 29.8 Å². The molecule has 1 aliphatic heterocycles. The van der Waals surface area contributed by atoms with Crippen molar-refractivity contribution >= 4 is 40.9 Å². The molecule has 3 rings (SSSR count). The number of carbonyl (C=O) groups is 1. The van der Waals surface area contributed by atoms with Gasteiger partial charge in [0, 0.05) is 14.1 Å². The van der Waals surface area contributed by atoms with Gasteiger partial charge in [-0.3, -0.25) is 9.69 Å². The maximum atomic E-state index is 12.9. The number of thiocarbonyl (C=S) groups is 1. The third-order valence-electron chi connectivity index (χ3n) is 4.03. The smallest absolute Gasteiger partial charge is 0.276 e. The summed E-state index contributed by atoms with van der Waals surface area (Å²) in [4.78, 5) is 15.3. The van der Waals surface area contributed by atoms with Gasteiger partial charge in [0.15, 0.2) is 5.11 Å². The standard InChI is InChI=1S/C19H16ClFN2O2S/c1-22-16(18(24)23(2)19(22)26)10-13-5-8-17(15(20)9-13)25-11-12-3-6-14(21)7-4-12/h3-10H,11H2,1-2H3/b16-10-. The van der Waals surface area contributed by atoms with Crippen molar-refractivity contribution in [2.24, 2.45) is 0 Å². The van der Waals surface area contributed by atoms with Crippen LogP contribution >= 0.6 is 23.8 Å². The van der Waals surface area contributed by atoms with Crippen LogP contribution in [0.4, 0.5) is 4.39 Å². The molecule has 7 heteroatoms. The lowest BCUT2D eigenvalue weighted by atomic mass is 10.1. The molecule has 0 bridgehead atoms. The van der Waals surface area contributed by atoms with E-state index in [1.54, 1.807) is 55.4 Å². The third-order valence-corrected chi connectivity index (χ3v) is 4.87. The minimum absolute atomic E-state index is 0.162. The minimum Gasteiger partial charge on any atom is -0.487 e. The fraction of sp³-hybridized carbons (Fsp3) is 0.158. The molecule has 1 amide bonds. The number of nitrogens with zero attached hydrogens (tertiary/aromatic N) is 2. The van der Waals surface area contributed by atoms with Crippen LogP contribution in [0.5, 0.6) is 5.75 Å². The average molecular weight is 391 g/mol. The van der Waals surface area contributed by atoms with E-state index in [0.717, 1.165) is 11.1 Å². The van der Waals surface area contributed by atoms with Crippen LogP contribution in [0.2, 0.25) is 5.02 Å². The first kappa shape index (κ1) is 18.4. The quantitative estimate of drug-likeness (QED) is 0.581. The minimum atomic E-state index is -0.291. The van der Waals surface area contributed by atoms with E-state index in [0.29, 0.717) is 21.6 Å². The summed E-state index contributed by atoms with van der Waals surface area (Å²) in [6.07, 6.45) is 1.73. The van der Waals surface area contributed by atoms with Gasteiger partial charge in [-0.05, 0) is 53.7 Å². The van der Waals surface area contributed by atoms with Crippen LogP contribution < -0.4 is 4.74 Å². The lowest BCUT2D eigenvalue weighted by molar-refractivity contribution is -0.121. The second kappa shape index (κ2) is 7.43. The maximum Gasteiger partial charge on any atom is 0.276 e.